The van der Waals surface area contributed by atoms with Crippen molar-refractivity contribution in [3.63, 3.8) is 0 Å². The Labute approximate surface area is 137 Å². The number of halogens is 1. The number of carbonyl (C=O) groups excluding carboxylic acids is 1. The molecule has 22 heavy (non-hydrogen) atoms. The third-order valence-corrected chi connectivity index (χ3v) is 5.47. The SMILES string of the molecule is COc1cccc2c1CCN([C@H]1CN3CCC1CC3)C2=O.Cl. The summed E-state index contributed by atoms with van der Waals surface area (Å²) in [5.41, 5.74) is 1.93. The quantitative estimate of drug-likeness (QED) is 0.837. The summed E-state index contributed by atoms with van der Waals surface area (Å²) >= 11 is 0. The van der Waals surface area contributed by atoms with Gasteiger partial charge in [-0.25, -0.2) is 0 Å². The average molecular weight is 323 g/mol. The average Bonchev–Trinajstić information content (AvgIpc) is 2.56. The Morgan fingerprint density at radius 2 is 1.95 bits per heavy atom. The number of ether oxygens (including phenoxy) is 1. The fourth-order valence-electron chi connectivity index (χ4n) is 4.31. The van der Waals surface area contributed by atoms with Gasteiger partial charge in [-0.1, -0.05) is 6.07 Å². The molecule has 5 heteroatoms. The molecule has 1 aromatic carbocycles. The van der Waals surface area contributed by atoms with Crippen molar-refractivity contribution in [2.24, 2.45) is 5.92 Å². The van der Waals surface area contributed by atoms with E-state index in [1.165, 1.54) is 25.9 Å². The van der Waals surface area contributed by atoms with Crippen molar-refractivity contribution < 1.29 is 9.53 Å². The highest BCUT2D eigenvalue weighted by molar-refractivity contribution is 5.97. The molecule has 4 aliphatic heterocycles. The van der Waals surface area contributed by atoms with Crippen molar-refractivity contribution >= 4 is 18.3 Å². The number of benzene rings is 1. The van der Waals surface area contributed by atoms with Crippen molar-refractivity contribution in [1.29, 1.82) is 0 Å². The van der Waals surface area contributed by atoms with E-state index < -0.39 is 0 Å². The van der Waals surface area contributed by atoms with Crippen molar-refractivity contribution in [3.8, 4) is 5.75 Å². The largest absolute Gasteiger partial charge is 0.496 e. The summed E-state index contributed by atoms with van der Waals surface area (Å²) in [6, 6.07) is 6.25. The van der Waals surface area contributed by atoms with E-state index in [-0.39, 0.29) is 18.3 Å². The molecule has 0 unspecified atom stereocenters. The minimum Gasteiger partial charge on any atom is -0.496 e. The van der Waals surface area contributed by atoms with Gasteiger partial charge in [-0.2, -0.15) is 0 Å². The van der Waals surface area contributed by atoms with Crippen molar-refractivity contribution in [3.05, 3.63) is 29.3 Å². The molecule has 4 aliphatic rings. The van der Waals surface area contributed by atoms with Crippen LogP contribution in [0.5, 0.6) is 5.75 Å². The fourth-order valence-corrected chi connectivity index (χ4v) is 4.31. The summed E-state index contributed by atoms with van der Waals surface area (Å²) in [6.45, 7) is 4.33. The number of piperidine rings is 3. The molecule has 0 saturated carbocycles. The van der Waals surface area contributed by atoms with Crippen LogP contribution in [0.2, 0.25) is 0 Å². The lowest BCUT2D eigenvalue weighted by atomic mass is 9.82. The van der Waals surface area contributed by atoms with Gasteiger partial charge in [-0.05, 0) is 50.4 Å². The maximum Gasteiger partial charge on any atom is 0.254 e. The Hall–Kier alpha value is -1.26. The zero-order chi connectivity index (χ0) is 14.4. The molecule has 1 aromatic rings. The highest BCUT2D eigenvalue weighted by Gasteiger charge is 2.41. The van der Waals surface area contributed by atoms with Gasteiger partial charge in [0.05, 0.1) is 7.11 Å². The van der Waals surface area contributed by atoms with Crippen LogP contribution in [0.3, 0.4) is 0 Å². The standard InChI is InChI=1S/C17H22N2O2.ClH/c1-21-16-4-2-3-14-13(16)7-10-19(17(14)20)15-11-18-8-5-12(15)6-9-18;/h2-4,12,15H,5-11H2,1H3;1H/t15-;/m0./s1. The maximum absolute atomic E-state index is 12.9. The number of nitrogens with zero attached hydrogens (tertiary/aromatic N) is 2. The zero-order valence-corrected chi connectivity index (χ0v) is 13.8. The number of methoxy groups -OCH3 is 1. The molecule has 120 valence electrons. The van der Waals surface area contributed by atoms with Crippen LogP contribution in [0.1, 0.15) is 28.8 Å². The van der Waals surface area contributed by atoms with Gasteiger partial charge >= 0.3 is 0 Å². The second-order valence-corrected chi connectivity index (χ2v) is 6.44. The first kappa shape index (κ1) is 15.6. The first-order valence-corrected chi connectivity index (χ1v) is 7.97. The van der Waals surface area contributed by atoms with Crippen molar-refractivity contribution in [1.82, 2.24) is 9.80 Å². The van der Waals surface area contributed by atoms with Gasteiger partial charge in [0.25, 0.3) is 5.91 Å². The van der Waals surface area contributed by atoms with Crippen LogP contribution in [-0.4, -0.2) is 55.0 Å². The lowest BCUT2D eigenvalue weighted by Gasteiger charge is -2.50. The van der Waals surface area contributed by atoms with E-state index in [9.17, 15) is 4.79 Å². The molecular weight excluding hydrogens is 300 g/mol. The molecule has 1 amide bonds. The molecule has 0 spiro atoms. The summed E-state index contributed by atoms with van der Waals surface area (Å²) in [5, 5.41) is 0. The van der Waals surface area contributed by atoms with E-state index in [4.69, 9.17) is 4.74 Å². The van der Waals surface area contributed by atoms with Crippen LogP contribution >= 0.6 is 12.4 Å². The Bertz CT molecular complexity index is 570. The van der Waals surface area contributed by atoms with Gasteiger partial charge in [0.2, 0.25) is 0 Å². The summed E-state index contributed by atoms with van der Waals surface area (Å²) in [6.07, 6.45) is 3.41. The molecule has 1 atom stereocenters. The molecule has 5 rings (SSSR count). The molecule has 3 fully saturated rings. The second-order valence-electron chi connectivity index (χ2n) is 6.44. The van der Waals surface area contributed by atoms with Crippen LogP contribution in [0.25, 0.3) is 0 Å². The summed E-state index contributed by atoms with van der Waals surface area (Å²) in [7, 11) is 1.68. The predicted octanol–water partition coefficient (Wildman–Crippen LogP) is 2.21. The number of fused-ring (bicyclic) bond motifs is 4. The topological polar surface area (TPSA) is 32.8 Å². The summed E-state index contributed by atoms with van der Waals surface area (Å²) < 4.78 is 5.41. The number of carbonyl (C=O) groups is 1. The summed E-state index contributed by atoms with van der Waals surface area (Å²) in [4.78, 5) is 17.6. The molecule has 0 N–H and O–H groups in total. The normalized spacial score (nSPS) is 29.8. The predicted molar refractivity (Wildman–Crippen MR) is 87.9 cm³/mol. The lowest BCUT2D eigenvalue weighted by Crippen LogP contribution is -2.59. The number of hydrogen-bond acceptors (Lipinski definition) is 3. The summed E-state index contributed by atoms with van der Waals surface area (Å²) in [5.74, 6) is 1.76. The molecule has 4 heterocycles. The Balaban J connectivity index is 0.00000144. The van der Waals surface area contributed by atoms with E-state index in [0.717, 1.165) is 36.4 Å². The molecule has 4 nitrogen and oxygen atoms in total. The fraction of sp³-hybridized carbons (Fsp3) is 0.588. The van der Waals surface area contributed by atoms with Gasteiger partial charge in [0.1, 0.15) is 5.75 Å². The van der Waals surface area contributed by atoms with E-state index in [1.54, 1.807) is 7.11 Å². The minimum atomic E-state index is 0. The van der Waals surface area contributed by atoms with E-state index >= 15 is 0 Å². The molecule has 2 bridgehead atoms. The first-order chi connectivity index (χ1) is 10.3. The van der Waals surface area contributed by atoms with Crippen LogP contribution in [0.4, 0.5) is 0 Å². The first-order valence-electron chi connectivity index (χ1n) is 7.97. The Morgan fingerprint density at radius 1 is 1.18 bits per heavy atom. The van der Waals surface area contributed by atoms with Crippen molar-refractivity contribution in [2.75, 3.05) is 33.3 Å². The third kappa shape index (κ3) is 2.38. The maximum atomic E-state index is 12.9. The molecule has 0 aliphatic carbocycles. The van der Waals surface area contributed by atoms with Gasteiger partial charge in [0, 0.05) is 30.3 Å². The second kappa shape index (κ2) is 6.09. The molecule has 3 saturated heterocycles. The van der Waals surface area contributed by atoms with Gasteiger partial charge in [0.15, 0.2) is 0 Å². The van der Waals surface area contributed by atoms with Crippen LogP contribution < -0.4 is 4.74 Å². The number of rotatable bonds is 2. The van der Waals surface area contributed by atoms with Crippen LogP contribution in [0.15, 0.2) is 18.2 Å². The van der Waals surface area contributed by atoms with Crippen LogP contribution in [0, 0.1) is 5.92 Å². The monoisotopic (exact) mass is 322 g/mol. The Kier molecular flexibility index (Phi) is 4.33. The zero-order valence-electron chi connectivity index (χ0n) is 13.0. The lowest BCUT2D eigenvalue weighted by molar-refractivity contribution is 0.00596. The van der Waals surface area contributed by atoms with Gasteiger partial charge < -0.3 is 14.5 Å². The number of hydrogen-bond donors (Lipinski definition) is 0. The Morgan fingerprint density at radius 3 is 2.59 bits per heavy atom. The van der Waals surface area contributed by atoms with E-state index in [1.807, 2.05) is 18.2 Å². The van der Waals surface area contributed by atoms with Crippen LogP contribution in [-0.2, 0) is 6.42 Å². The van der Waals surface area contributed by atoms with Crippen molar-refractivity contribution in [2.45, 2.75) is 25.3 Å². The molecule has 0 aromatic heterocycles. The highest BCUT2D eigenvalue weighted by atomic mass is 35.5. The third-order valence-electron chi connectivity index (χ3n) is 5.47. The highest BCUT2D eigenvalue weighted by Crippen LogP contribution is 2.35. The van der Waals surface area contributed by atoms with E-state index in [2.05, 4.69) is 9.80 Å². The van der Waals surface area contributed by atoms with Gasteiger partial charge in [-0.15, -0.1) is 12.4 Å². The minimum absolute atomic E-state index is 0. The molecule has 0 radical (unpaired) electrons. The van der Waals surface area contributed by atoms with Gasteiger partial charge in [-0.3, -0.25) is 4.79 Å². The van der Waals surface area contributed by atoms with E-state index in [0.29, 0.717) is 12.0 Å². The number of amides is 1. The smallest absolute Gasteiger partial charge is 0.254 e. The molecular formula is C17H23ClN2O2.